The number of aryl methyl sites for hydroxylation is 1. The van der Waals surface area contributed by atoms with E-state index in [1.807, 2.05) is 47.1 Å². The second kappa shape index (κ2) is 9.99. The minimum atomic E-state index is -1.06. The van der Waals surface area contributed by atoms with Gasteiger partial charge in [-0.25, -0.2) is 19.4 Å². The Hall–Kier alpha value is -4.13. The largest absolute Gasteiger partial charge is 0.476 e. The number of nitrogens with zero attached hydrogens (tertiary/aromatic N) is 4. The summed E-state index contributed by atoms with van der Waals surface area (Å²) in [4.78, 5) is 32.9. The number of carbonyl (C=O) groups excluding carboxylic acids is 1. The fraction of sp³-hybridized carbons (Fsp3) is 0.192. The molecular formula is C26H24N4O3. The molecule has 7 heteroatoms. The van der Waals surface area contributed by atoms with Gasteiger partial charge in [-0.05, 0) is 23.6 Å². The van der Waals surface area contributed by atoms with Crippen molar-refractivity contribution >= 4 is 11.8 Å². The maximum atomic E-state index is 12.8. The average Bonchev–Trinajstić information content (AvgIpc) is 3.25. The number of pyridine rings is 1. The third-order valence-electron chi connectivity index (χ3n) is 5.35. The molecule has 2 heterocycles. The zero-order valence-corrected chi connectivity index (χ0v) is 18.3. The Morgan fingerprint density at radius 1 is 0.970 bits per heavy atom. The summed E-state index contributed by atoms with van der Waals surface area (Å²) in [7, 11) is 0. The van der Waals surface area contributed by atoms with Crippen LogP contribution in [0, 0.1) is 0 Å². The molecule has 0 unspecified atom stereocenters. The number of aromatic carboxylic acids is 1. The lowest BCUT2D eigenvalue weighted by atomic mass is 10.0. The number of aromatic nitrogens is 4. The summed E-state index contributed by atoms with van der Waals surface area (Å²) in [6.45, 7) is 2.80. The molecular weight excluding hydrogens is 416 g/mol. The van der Waals surface area contributed by atoms with Gasteiger partial charge in [0.1, 0.15) is 5.82 Å². The number of hydrogen-bond acceptors (Lipinski definition) is 5. The monoisotopic (exact) mass is 440 g/mol. The van der Waals surface area contributed by atoms with Crippen LogP contribution in [0.25, 0.3) is 11.1 Å². The summed E-state index contributed by atoms with van der Waals surface area (Å²) < 4.78 is 1.82. The molecule has 0 atom stereocenters. The zero-order valence-electron chi connectivity index (χ0n) is 18.3. The van der Waals surface area contributed by atoms with Crippen molar-refractivity contribution in [3.05, 3.63) is 101 Å². The number of carbonyl (C=O) groups is 2. The first-order valence-corrected chi connectivity index (χ1v) is 10.9. The molecule has 0 saturated carbocycles. The van der Waals surface area contributed by atoms with Crippen LogP contribution in [0.15, 0.2) is 72.9 Å². The molecule has 1 N–H and O–H groups in total. The molecule has 0 aliphatic rings. The first kappa shape index (κ1) is 22.1. The van der Waals surface area contributed by atoms with Crippen LogP contribution in [0.3, 0.4) is 0 Å². The van der Waals surface area contributed by atoms with E-state index in [9.17, 15) is 14.7 Å². The van der Waals surface area contributed by atoms with Gasteiger partial charge in [0.25, 0.3) is 0 Å². The highest BCUT2D eigenvalue weighted by Crippen LogP contribution is 2.23. The molecule has 0 amide bonds. The van der Waals surface area contributed by atoms with E-state index in [-0.39, 0.29) is 17.3 Å². The summed E-state index contributed by atoms with van der Waals surface area (Å²) in [6.07, 6.45) is 3.93. The summed E-state index contributed by atoms with van der Waals surface area (Å²) in [6, 6.07) is 20.1. The Labute approximate surface area is 191 Å². The first-order valence-electron chi connectivity index (χ1n) is 10.9. The lowest BCUT2D eigenvalue weighted by molar-refractivity contribution is 0.0691. The van der Waals surface area contributed by atoms with Gasteiger partial charge in [-0.3, -0.25) is 4.79 Å². The van der Waals surface area contributed by atoms with Crippen LogP contribution >= 0.6 is 0 Å². The highest BCUT2D eigenvalue weighted by atomic mass is 16.4. The third-order valence-corrected chi connectivity index (χ3v) is 5.35. The minimum Gasteiger partial charge on any atom is -0.476 e. The molecule has 4 rings (SSSR count). The Kier molecular flexibility index (Phi) is 6.69. The van der Waals surface area contributed by atoms with E-state index >= 15 is 0 Å². The van der Waals surface area contributed by atoms with E-state index in [0.29, 0.717) is 24.1 Å². The van der Waals surface area contributed by atoms with Crippen LogP contribution in [0.5, 0.6) is 0 Å². The maximum absolute atomic E-state index is 12.8. The van der Waals surface area contributed by atoms with Gasteiger partial charge in [0.15, 0.2) is 5.69 Å². The highest BCUT2D eigenvalue weighted by molar-refractivity contribution is 6.06. The zero-order chi connectivity index (χ0) is 23.2. The van der Waals surface area contributed by atoms with Crippen molar-refractivity contribution in [1.29, 1.82) is 0 Å². The number of ketones is 1. The molecule has 0 bridgehead atoms. The van der Waals surface area contributed by atoms with Gasteiger partial charge in [-0.15, -0.1) is 5.10 Å². The minimum absolute atomic E-state index is 0.0219. The SMILES string of the molecule is CCCCn1nc(C(=O)c2ccccc2)nc1Cc1ccc(-c2cccnc2C(=O)O)cc1. The number of rotatable bonds is 9. The quantitative estimate of drug-likeness (QED) is 0.380. The molecule has 0 saturated heterocycles. The predicted octanol–water partition coefficient (Wildman–Crippen LogP) is 4.66. The number of benzene rings is 2. The fourth-order valence-electron chi connectivity index (χ4n) is 3.60. The van der Waals surface area contributed by atoms with Crippen molar-refractivity contribution in [2.24, 2.45) is 0 Å². The van der Waals surface area contributed by atoms with Gasteiger partial charge in [-0.2, -0.15) is 0 Å². The molecule has 4 aromatic rings. The maximum Gasteiger partial charge on any atom is 0.355 e. The lowest BCUT2D eigenvalue weighted by Crippen LogP contribution is -2.07. The first-order chi connectivity index (χ1) is 16.1. The van der Waals surface area contributed by atoms with E-state index in [0.717, 1.165) is 29.8 Å². The van der Waals surface area contributed by atoms with Gasteiger partial charge in [0.05, 0.1) is 0 Å². The molecule has 7 nitrogen and oxygen atoms in total. The van der Waals surface area contributed by atoms with Crippen molar-refractivity contribution in [3.8, 4) is 11.1 Å². The van der Waals surface area contributed by atoms with Crippen LogP contribution < -0.4 is 0 Å². The van der Waals surface area contributed by atoms with E-state index < -0.39 is 5.97 Å². The number of carboxylic acid groups (broad SMARTS) is 1. The summed E-state index contributed by atoms with van der Waals surface area (Å²) in [5.74, 6) is -0.331. The van der Waals surface area contributed by atoms with Crippen LogP contribution in [0.1, 0.15) is 57.8 Å². The number of carboxylic acids is 1. The highest BCUT2D eigenvalue weighted by Gasteiger charge is 2.18. The topological polar surface area (TPSA) is 98.0 Å². The summed E-state index contributed by atoms with van der Waals surface area (Å²) >= 11 is 0. The molecule has 0 aliphatic carbocycles. The van der Waals surface area contributed by atoms with Crippen LogP contribution in [0.4, 0.5) is 0 Å². The smallest absolute Gasteiger partial charge is 0.355 e. The lowest BCUT2D eigenvalue weighted by Gasteiger charge is -2.08. The summed E-state index contributed by atoms with van der Waals surface area (Å²) in [5, 5.41) is 13.9. The van der Waals surface area contributed by atoms with Crippen molar-refractivity contribution in [3.63, 3.8) is 0 Å². The molecule has 0 aliphatic heterocycles. The van der Waals surface area contributed by atoms with E-state index in [1.54, 1.807) is 24.3 Å². The molecule has 2 aromatic heterocycles. The van der Waals surface area contributed by atoms with Crippen LogP contribution in [-0.4, -0.2) is 36.6 Å². The van der Waals surface area contributed by atoms with Gasteiger partial charge < -0.3 is 5.11 Å². The molecule has 0 spiro atoms. The molecule has 33 heavy (non-hydrogen) atoms. The van der Waals surface area contributed by atoms with Gasteiger partial charge in [0, 0.05) is 30.3 Å². The second-order valence-electron chi connectivity index (χ2n) is 7.70. The normalized spacial score (nSPS) is 10.8. The Morgan fingerprint density at radius 2 is 1.73 bits per heavy atom. The van der Waals surface area contributed by atoms with Crippen molar-refractivity contribution in [1.82, 2.24) is 19.7 Å². The summed E-state index contributed by atoms with van der Waals surface area (Å²) in [5.41, 5.74) is 2.92. The number of hydrogen-bond donors (Lipinski definition) is 1. The van der Waals surface area contributed by atoms with Gasteiger partial charge in [0.2, 0.25) is 11.6 Å². The van der Waals surface area contributed by atoms with Gasteiger partial charge in [-0.1, -0.05) is 74.0 Å². The van der Waals surface area contributed by atoms with Crippen LogP contribution in [0.2, 0.25) is 0 Å². The molecule has 166 valence electrons. The third kappa shape index (κ3) is 5.03. The molecule has 2 aromatic carbocycles. The van der Waals surface area contributed by atoms with Crippen LogP contribution in [-0.2, 0) is 13.0 Å². The number of unbranched alkanes of at least 4 members (excludes halogenated alkanes) is 1. The van der Waals surface area contributed by atoms with Gasteiger partial charge >= 0.3 is 5.97 Å². The Bertz CT molecular complexity index is 1260. The Morgan fingerprint density at radius 3 is 2.42 bits per heavy atom. The van der Waals surface area contributed by atoms with E-state index in [1.165, 1.54) is 6.20 Å². The van der Waals surface area contributed by atoms with Crippen molar-refractivity contribution in [2.75, 3.05) is 0 Å². The van der Waals surface area contributed by atoms with E-state index in [4.69, 9.17) is 0 Å². The average molecular weight is 441 g/mol. The Balaban J connectivity index is 1.60. The van der Waals surface area contributed by atoms with Crippen molar-refractivity contribution < 1.29 is 14.7 Å². The fourth-order valence-corrected chi connectivity index (χ4v) is 3.60. The standard InChI is InChI=1S/C26H24N4O3/c1-2-3-16-30-22(28-25(29-30)24(31)20-8-5-4-6-9-20)17-18-11-13-19(14-12-18)21-10-7-15-27-23(21)26(32)33/h4-15H,2-3,16-17H2,1H3,(H,32,33). The predicted molar refractivity (Wildman–Crippen MR) is 124 cm³/mol. The molecule has 0 radical (unpaired) electrons. The molecule has 0 fully saturated rings. The van der Waals surface area contributed by atoms with E-state index in [2.05, 4.69) is 22.0 Å². The second-order valence-corrected chi connectivity index (χ2v) is 7.70. The van der Waals surface area contributed by atoms with Crippen molar-refractivity contribution in [2.45, 2.75) is 32.7 Å².